The molecule has 1 amide bonds. The standard InChI is InChI=1S/C19H23N7O.C18H20N2O3/c20-11-13-22-18-24-17(21-12-10-14-6-8-16(27)9-7-14)25-19(26-18)23-15-4-2-1-3-5-15;19-17(11-13-4-2-1-3-5-13)18(23)20-15(12-21)10-14-6-8-16(22)9-7-14/h1-9,27H,10-13,20H2,(H3,21,22,23,24,25,26);1-9,12,15,17,22H,10-11,19H2,(H,20,23). The number of aromatic hydroxyl groups is 2. The van der Waals surface area contributed by atoms with E-state index < -0.39 is 12.1 Å². The lowest BCUT2D eigenvalue weighted by Crippen LogP contribution is -2.47. The smallest absolute Gasteiger partial charge is 0.237 e. The highest BCUT2D eigenvalue weighted by atomic mass is 16.3. The third-order valence-electron chi connectivity index (χ3n) is 7.25. The molecule has 260 valence electrons. The highest BCUT2D eigenvalue weighted by Gasteiger charge is 2.18. The van der Waals surface area contributed by atoms with Crippen molar-refractivity contribution in [2.45, 2.75) is 31.3 Å². The summed E-state index contributed by atoms with van der Waals surface area (Å²) in [6.07, 6.45) is 2.24. The van der Waals surface area contributed by atoms with Gasteiger partial charge in [-0.25, -0.2) is 0 Å². The fourth-order valence-electron chi connectivity index (χ4n) is 4.68. The molecule has 5 aromatic rings. The first kappa shape index (κ1) is 36.8. The number of aldehydes is 1. The van der Waals surface area contributed by atoms with E-state index in [9.17, 15) is 19.8 Å². The van der Waals surface area contributed by atoms with Gasteiger partial charge in [0, 0.05) is 25.3 Å². The van der Waals surface area contributed by atoms with Gasteiger partial charge in [0.05, 0.1) is 12.1 Å². The second-order valence-electron chi connectivity index (χ2n) is 11.3. The summed E-state index contributed by atoms with van der Waals surface area (Å²) in [6.45, 7) is 1.70. The molecule has 0 bridgehead atoms. The van der Waals surface area contributed by atoms with Gasteiger partial charge in [-0.3, -0.25) is 4.79 Å². The molecule has 0 radical (unpaired) electrons. The van der Waals surface area contributed by atoms with Crippen molar-refractivity contribution >= 4 is 35.7 Å². The molecule has 5 rings (SSSR count). The number of anilines is 4. The van der Waals surface area contributed by atoms with Gasteiger partial charge >= 0.3 is 0 Å². The van der Waals surface area contributed by atoms with Crippen LogP contribution in [0.2, 0.25) is 0 Å². The van der Waals surface area contributed by atoms with Crippen molar-refractivity contribution in [3.63, 3.8) is 0 Å². The Morgan fingerprint density at radius 1 is 0.680 bits per heavy atom. The lowest BCUT2D eigenvalue weighted by molar-refractivity contribution is -0.125. The third-order valence-corrected chi connectivity index (χ3v) is 7.25. The van der Waals surface area contributed by atoms with E-state index in [1.54, 1.807) is 36.4 Å². The molecule has 13 heteroatoms. The number of para-hydroxylation sites is 1. The Bertz CT molecular complexity index is 1740. The van der Waals surface area contributed by atoms with E-state index in [-0.39, 0.29) is 17.4 Å². The van der Waals surface area contributed by atoms with Gasteiger partial charge in [0.15, 0.2) is 0 Å². The Morgan fingerprint density at radius 2 is 1.20 bits per heavy atom. The maximum absolute atomic E-state index is 12.1. The normalized spacial score (nSPS) is 11.6. The number of benzene rings is 4. The Morgan fingerprint density at radius 3 is 1.78 bits per heavy atom. The number of rotatable bonds is 16. The fraction of sp³-hybridized carbons (Fsp3) is 0.216. The number of amides is 1. The lowest BCUT2D eigenvalue weighted by atomic mass is 10.0. The molecule has 0 fully saturated rings. The minimum Gasteiger partial charge on any atom is -0.508 e. The molecule has 2 atom stereocenters. The predicted molar refractivity (Wildman–Crippen MR) is 195 cm³/mol. The fourth-order valence-corrected chi connectivity index (χ4v) is 4.68. The van der Waals surface area contributed by atoms with E-state index in [4.69, 9.17) is 11.5 Å². The minimum absolute atomic E-state index is 0.158. The molecular formula is C37H43N9O4. The largest absolute Gasteiger partial charge is 0.508 e. The molecule has 50 heavy (non-hydrogen) atoms. The molecule has 0 spiro atoms. The third kappa shape index (κ3) is 12.9. The van der Waals surface area contributed by atoms with Gasteiger partial charge < -0.3 is 47.7 Å². The van der Waals surface area contributed by atoms with Crippen molar-refractivity contribution in [1.29, 1.82) is 0 Å². The number of aromatic nitrogens is 3. The predicted octanol–water partition coefficient (Wildman–Crippen LogP) is 3.53. The molecule has 1 aromatic heterocycles. The Kier molecular flexibility index (Phi) is 14.5. The molecule has 1 heterocycles. The van der Waals surface area contributed by atoms with Crippen molar-refractivity contribution in [2.75, 3.05) is 35.6 Å². The van der Waals surface area contributed by atoms with Gasteiger partial charge in [-0.05, 0) is 72.4 Å². The number of hydrogen-bond acceptors (Lipinski definition) is 12. The summed E-state index contributed by atoms with van der Waals surface area (Å²) in [4.78, 5) is 36.5. The number of nitrogens with two attached hydrogens (primary N) is 2. The van der Waals surface area contributed by atoms with Crippen LogP contribution in [0, 0.1) is 0 Å². The Balaban J connectivity index is 0.000000228. The molecule has 2 unspecified atom stereocenters. The summed E-state index contributed by atoms with van der Waals surface area (Å²) in [7, 11) is 0. The summed E-state index contributed by atoms with van der Waals surface area (Å²) in [6, 6.07) is 31.5. The number of hydrogen-bond donors (Lipinski definition) is 8. The zero-order valence-electron chi connectivity index (χ0n) is 27.6. The van der Waals surface area contributed by atoms with Crippen molar-refractivity contribution in [3.05, 3.63) is 126 Å². The second-order valence-corrected chi connectivity index (χ2v) is 11.3. The number of nitrogens with one attached hydrogen (secondary N) is 4. The lowest BCUT2D eigenvalue weighted by Gasteiger charge is -2.17. The van der Waals surface area contributed by atoms with E-state index in [0.717, 1.165) is 28.8 Å². The summed E-state index contributed by atoms with van der Waals surface area (Å²) < 4.78 is 0. The van der Waals surface area contributed by atoms with Crippen LogP contribution in [-0.2, 0) is 28.9 Å². The average molecular weight is 678 g/mol. The van der Waals surface area contributed by atoms with Crippen molar-refractivity contribution in [3.8, 4) is 11.5 Å². The monoisotopic (exact) mass is 677 g/mol. The number of phenolic OH excluding ortho intramolecular Hbond substituents is 2. The maximum atomic E-state index is 12.1. The molecule has 13 nitrogen and oxygen atoms in total. The zero-order valence-corrected chi connectivity index (χ0v) is 27.6. The van der Waals surface area contributed by atoms with E-state index >= 15 is 0 Å². The summed E-state index contributed by atoms with van der Waals surface area (Å²) in [5.74, 6) is 1.44. The van der Waals surface area contributed by atoms with Gasteiger partial charge in [0.1, 0.15) is 17.8 Å². The van der Waals surface area contributed by atoms with E-state index in [0.29, 0.717) is 56.6 Å². The van der Waals surface area contributed by atoms with Gasteiger partial charge in [-0.15, -0.1) is 0 Å². The van der Waals surface area contributed by atoms with E-state index in [2.05, 4.69) is 36.2 Å². The molecule has 0 saturated heterocycles. The number of phenols is 2. The van der Waals surface area contributed by atoms with Crippen molar-refractivity contribution in [2.24, 2.45) is 11.5 Å². The van der Waals surface area contributed by atoms with Crippen LogP contribution in [-0.4, -0.2) is 69.1 Å². The van der Waals surface area contributed by atoms with Crippen LogP contribution in [0.15, 0.2) is 109 Å². The van der Waals surface area contributed by atoms with Crippen LogP contribution < -0.4 is 32.7 Å². The average Bonchev–Trinajstić information content (AvgIpc) is 3.13. The topological polar surface area (TPSA) is 213 Å². The second kappa shape index (κ2) is 19.7. The highest BCUT2D eigenvalue weighted by Crippen LogP contribution is 2.16. The summed E-state index contributed by atoms with van der Waals surface area (Å²) in [5.41, 5.74) is 15.3. The van der Waals surface area contributed by atoms with E-state index in [1.807, 2.05) is 72.8 Å². The Hall–Kier alpha value is -6.05. The number of carbonyl (C=O) groups excluding carboxylic acids is 2. The molecule has 0 aliphatic carbocycles. The zero-order chi connectivity index (χ0) is 35.6. The molecule has 4 aromatic carbocycles. The SMILES string of the molecule is NC(Cc1ccccc1)C(=O)NC(C=O)Cc1ccc(O)cc1.NCCNc1nc(NCCc2ccc(O)cc2)nc(Nc2ccccc2)n1. The minimum atomic E-state index is -0.709. The van der Waals surface area contributed by atoms with Crippen molar-refractivity contribution in [1.82, 2.24) is 20.3 Å². The molecule has 0 aliphatic rings. The Labute approximate surface area is 291 Å². The van der Waals surface area contributed by atoms with Gasteiger partial charge in [0.25, 0.3) is 0 Å². The van der Waals surface area contributed by atoms with Crippen LogP contribution in [0.3, 0.4) is 0 Å². The van der Waals surface area contributed by atoms with Crippen molar-refractivity contribution < 1.29 is 19.8 Å². The van der Waals surface area contributed by atoms with Crippen LogP contribution in [0.4, 0.5) is 23.5 Å². The maximum Gasteiger partial charge on any atom is 0.237 e. The van der Waals surface area contributed by atoms with Crippen LogP contribution in [0.1, 0.15) is 16.7 Å². The first-order chi connectivity index (χ1) is 24.3. The molecule has 0 saturated carbocycles. The van der Waals surface area contributed by atoms with Gasteiger partial charge in [0.2, 0.25) is 23.8 Å². The summed E-state index contributed by atoms with van der Waals surface area (Å²) in [5, 5.41) is 30.7. The highest BCUT2D eigenvalue weighted by molar-refractivity contribution is 5.84. The molecule has 10 N–H and O–H groups in total. The molecular weight excluding hydrogens is 634 g/mol. The van der Waals surface area contributed by atoms with E-state index in [1.165, 1.54) is 0 Å². The van der Waals surface area contributed by atoms with Gasteiger partial charge in [-0.2, -0.15) is 15.0 Å². The van der Waals surface area contributed by atoms with Gasteiger partial charge in [-0.1, -0.05) is 72.8 Å². The first-order valence-electron chi connectivity index (χ1n) is 16.2. The summed E-state index contributed by atoms with van der Waals surface area (Å²) >= 11 is 0. The first-order valence-corrected chi connectivity index (χ1v) is 16.2. The quantitative estimate of drug-likeness (QED) is 0.0705. The van der Waals surface area contributed by atoms with Crippen LogP contribution in [0.5, 0.6) is 11.5 Å². The van der Waals surface area contributed by atoms with Crippen LogP contribution in [0.25, 0.3) is 0 Å². The number of carbonyl (C=O) groups is 2. The number of nitrogens with zero attached hydrogens (tertiary/aromatic N) is 3. The van der Waals surface area contributed by atoms with Crippen LogP contribution >= 0.6 is 0 Å². The molecule has 0 aliphatic heterocycles.